The lowest BCUT2D eigenvalue weighted by atomic mass is 10.1. The van der Waals surface area contributed by atoms with Crippen molar-refractivity contribution in [1.29, 1.82) is 0 Å². The molecule has 2 aliphatic rings. The number of carbonyl (C=O) groups is 1. The average molecular weight is 349 g/mol. The normalized spacial score (nSPS) is 24.0. The number of carbonyl (C=O) groups excluding carboxylic acids is 1. The van der Waals surface area contributed by atoms with Gasteiger partial charge in [-0.05, 0) is 24.1 Å². The Morgan fingerprint density at radius 3 is 2.67 bits per heavy atom. The van der Waals surface area contributed by atoms with Gasteiger partial charge in [0.05, 0.1) is 5.75 Å². The Hall–Kier alpha value is -1.73. The van der Waals surface area contributed by atoms with Gasteiger partial charge in [0.25, 0.3) is 0 Å². The third kappa shape index (κ3) is 4.64. The first kappa shape index (κ1) is 17.1. The quantitative estimate of drug-likeness (QED) is 0.813. The van der Waals surface area contributed by atoms with Gasteiger partial charge in [0.2, 0.25) is 5.91 Å². The molecule has 1 atom stereocenters. The fourth-order valence-corrected chi connectivity index (χ4v) is 4.64. The van der Waals surface area contributed by atoms with E-state index in [0.717, 1.165) is 32.6 Å². The lowest BCUT2D eigenvalue weighted by Gasteiger charge is -2.23. The van der Waals surface area contributed by atoms with Crippen molar-refractivity contribution in [3.05, 3.63) is 41.6 Å². The number of rotatable bonds is 4. The maximum Gasteiger partial charge on any atom is 0.223 e. The molecule has 1 amide bonds. The third-order valence-corrected chi connectivity index (χ3v) is 6.00. The van der Waals surface area contributed by atoms with Gasteiger partial charge in [-0.1, -0.05) is 6.08 Å². The number of pyridine rings is 1. The first-order chi connectivity index (χ1) is 11.5. The molecule has 0 spiro atoms. The molecular weight excluding hydrogens is 326 g/mol. The molecule has 130 valence electrons. The number of nitrogens with zero attached hydrogens (tertiary/aromatic N) is 3. The molecule has 0 unspecified atom stereocenters. The molecule has 6 nitrogen and oxygen atoms in total. The second-order valence-electron chi connectivity index (χ2n) is 6.49. The maximum absolute atomic E-state index is 12.5. The van der Waals surface area contributed by atoms with Gasteiger partial charge in [-0.15, -0.1) is 0 Å². The summed E-state index contributed by atoms with van der Waals surface area (Å²) in [5.41, 5.74) is 1.23. The molecule has 1 aromatic heterocycles. The minimum Gasteiger partial charge on any atom is -0.341 e. The minimum absolute atomic E-state index is 0.0625. The van der Waals surface area contributed by atoms with Crippen LogP contribution in [0.4, 0.5) is 0 Å². The zero-order chi connectivity index (χ0) is 17.0. The van der Waals surface area contributed by atoms with E-state index >= 15 is 0 Å². The van der Waals surface area contributed by atoms with Crippen molar-refractivity contribution in [1.82, 2.24) is 14.8 Å². The molecule has 1 saturated heterocycles. The molecule has 0 radical (unpaired) electrons. The van der Waals surface area contributed by atoms with E-state index in [9.17, 15) is 13.2 Å². The number of sulfone groups is 1. The molecule has 24 heavy (non-hydrogen) atoms. The summed E-state index contributed by atoms with van der Waals surface area (Å²) < 4.78 is 22.9. The SMILES string of the molecule is O=C(C[C@H]1C=CS(=O)(=O)C1)N1CCCN(Cc2ccncc2)CC1. The van der Waals surface area contributed by atoms with Crippen LogP contribution >= 0.6 is 0 Å². The van der Waals surface area contributed by atoms with Gasteiger partial charge in [0, 0.05) is 62.9 Å². The van der Waals surface area contributed by atoms with Crippen LogP contribution in [0.2, 0.25) is 0 Å². The van der Waals surface area contributed by atoms with Crippen LogP contribution in [0.3, 0.4) is 0 Å². The van der Waals surface area contributed by atoms with E-state index < -0.39 is 9.84 Å². The van der Waals surface area contributed by atoms with Gasteiger partial charge in [-0.25, -0.2) is 8.42 Å². The van der Waals surface area contributed by atoms with Gasteiger partial charge < -0.3 is 4.90 Å². The molecule has 0 bridgehead atoms. The Morgan fingerprint density at radius 2 is 1.96 bits per heavy atom. The summed E-state index contributed by atoms with van der Waals surface area (Å²) in [6, 6.07) is 4.03. The second kappa shape index (κ2) is 7.44. The maximum atomic E-state index is 12.5. The molecule has 0 saturated carbocycles. The van der Waals surface area contributed by atoms with Crippen LogP contribution in [-0.2, 0) is 21.2 Å². The van der Waals surface area contributed by atoms with E-state index in [-0.39, 0.29) is 17.6 Å². The summed E-state index contributed by atoms with van der Waals surface area (Å²) in [4.78, 5) is 20.7. The molecule has 2 aliphatic heterocycles. The Bertz CT molecular complexity index is 703. The van der Waals surface area contributed by atoms with E-state index in [1.54, 1.807) is 18.5 Å². The van der Waals surface area contributed by atoms with Crippen LogP contribution in [0.1, 0.15) is 18.4 Å². The Morgan fingerprint density at radius 1 is 1.17 bits per heavy atom. The largest absolute Gasteiger partial charge is 0.341 e. The van der Waals surface area contributed by atoms with Gasteiger partial charge in [0.15, 0.2) is 9.84 Å². The molecule has 0 aliphatic carbocycles. The van der Waals surface area contributed by atoms with Gasteiger partial charge in [-0.3, -0.25) is 14.7 Å². The summed E-state index contributed by atoms with van der Waals surface area (Å²) in [7, 11) is -3.09. The molecular formula is C17H23N3O3S. The number of amides is 1. The van der Waals surface area contributed by atoms with Crippen LogP contribution < -0.4 is 0 Å². The minimum atomic E-state index is -3.09. The van der Waals surface area contributed by atoms with E-state index in [4.69, 9.17) is 0 Å². The van der Waals surface area contributed by atoms with E-state index in [1.165, 1.54) is 11.0 Å². The van der Waals surface area contributed by atoms with Crippen molar-refractivity contribution < 1.29 is 13.2 Å². The number of hydrogen-bond donors (Lipinski definition) is 0. The standard InChI is InChI=1S/C17H23N3O3S/c21-17(12-16-4-11-24(22,23)14-16)20-8-1-7-19(9-10-20)13-15-2-5-18-6-3-15/h2-6,11,16H,1,7-10,12-14H2/t16-/m1/s1. The van der Waals surface area contributed by atoms with Gasteiger partial charge in [-0.2, -0.15) is 0 Å². The van der Waals surface area contributed by atoms with Crippen molar-refractivity contribution in [3.63, 3.8) is 0 Å². The summed E-state index contributed by atoms with van der Waals surface area (Å²) in [5.74, 6) is -0.0352. The van der Waals surface area contributed by atoms with Crippen molar-refractivity contribution in [3.8, 4) is 0 Å². The molecule has 7 heteroatoms. The summed E-state index contributed by atoms with van der Waals surface area (Å²) >= 11 is 0. The van der Waals surface area contributed by atoms with Crippen molar-refractivity contribution in [2.24, 2.45) is 5.92 Å². The van der Waals surface area contributed by atoms with Crippen LogP contribution in [0.25, 0.3) is 0 Å². The zero-order valence-electron chi connectivity index (χ0n) is 13.7. The summed E-state index contributed by atoms with van der Waals surface area (Å²) in [6.07, 6.45) is 6.48. The topological polar surface area (TPSA) is 70.6 Å². The lowest BCUT2D eigenvalue weighted by Crippen LogP contribution is -2.36. The Labute approximate surface area is 143 Å². The zero-order valence-corrected chi connectivity index (χ0v) is 14.5. The molecule has 0 N–H and O–H groups in total. The number of aromatic nitrogens is 1. The fraction of sp³-hybridized carbons (Fsp3) is 0.529. The molecule has 1 aromatic rings. The third-order valence-electron chi connectivity index (χ3n) is 4.54. The van der Waals surface area contributed by atoms with Crippen LogP contribution in [0.5, 0.6) is 0 Å². The van der Waals surface area contributed by atoms with E-state index in [2.05, 4.69) is 9.88 Å². The highest BCUT2D eigenvalue weighted by Gasteiger charge is 2.26. The van der Waals surface area contributed by atoms with Gasteiger partial charge >= 0.3 is 0 Å². The molecule has 3 rings (SSSR count). The monoisotopic (exact) mass is 349 g/mol. The van der Waals surface area contributed by atoms with Crippen molar-refractivity contribution in [2.75, 3.05) is 31.9 Å². The van der Waals surface area contributed by atoms with Crippen LogP contribution in [-0.4, -0.2) is 61.0 Å². The highest BCUT2D eigenvalue weighted by molar-refractivity contribution is 7.94. The van der Waals surface area contributed by atoms with E-state index in [1.807, 2.05) is 17.0 Å². The Balaban J connectivity index is 1.50. The average Bonchev–Trinajstić information content (AvgIpc) is 2.75. The molecule has 1 fully saturated rings. The van der Waals surface area contributed by atoms with E-state index in [0.29, 0.717) is 13.0 Å². The number of allylic oxidation sites excluding steroid dienone is 1. The smallest absolute Gasteiger partial charge is 0.223 e. The van der Waals surface area contributed by atoms with Crippen molar-refractivity contribution >= 4 is 15.7 Å². The first-order valence-corrected chi connectivity index (χ1v) is 10.0. The molecule has 3 heterocycles. The summed E-state index contributed by atoms with van der Waals surface area (Å²) in [5, 5.41) is 1.24. The Kier molecular flexibility index (Phi) is 5.30. The van der Waals surface area contributed by atoms with Crippen molar-refractivity contribution in [2.45, 2.75) is 19.4 Å². The molecule has 0 aromatic carbocycles. The van der Waals surface area contributed by atoms with Gasteiger partial charge in [0.1, 0.15) is 0 Å². The fourth-order valence-electron chi connectivity index (χ4n) is 3.25. The second-order valence-corrected chi connectivity index (χ2v) is 8.42. The lowest BCUT2D eigenvalue weighted by molar-refractivity contribution is -0.131. The highest BCUT2D eigenvalue weighted by Crippen LogP contribution is 2.20. The van der Waals surface area contributed by atoms with Crippen LogP contribution in [0, 0.1) is 5.92 Å². The first-order valence-electron chi connectivity index (χ1n) is 8.32. The predicted molar refractivity (Wildman–Crippen MR) is 91.7 cm³/mol. The van der Waals surface area contributed by atoms with Crippen LogP contribution in [0.15, 0.2) is 36.0 Å². The summed E-state index contributed by atoms with van der Waals surface area (Å²) in [6.45, 7) is 4.12. The predicted octanol–water partition coefficient (Wildman–Crippen LogP) is 1.06. The number of hydrogen-bond acceptors (Lipinski definition) is 5. The highest BCUT2D eigenvalue weighted by atomic mass is 32.2.